The normalized spacial score (nSPS) is 16.3. The number of urea groups is 1. The first-order valence-electron chi connectivity index (χ1n) is 9.21. The van der Waals surface area contributed by atoms with E-state index >= 15 is 0 Å². The number of carbonyl (C=O) groups is 3. The van der Waals surface area contributed by atoms with Crippen LogP contribution in [0.25, 0.3) is 10.8 Å². The maximum absolute atomic E-state index is 12.8. The molecule has 1 fully saturated rings. The molecule has 4 rings (SSSR count). The Hall–Kier alpha value is -3.75. The summed E-state index contributed by atoms with van der Waals surface area (Å²) in [6, 6.07) is 11.8. The van der Waals surface area contributed by atoms with Gasteiger partial charge in [-0.15, -0.1) is 0 Å². The summed E-state index contributed by atoms with van der Waals surface area (Å²) in [5.41, 5.74) is 0.532. The molecule has 0 bridgehead atoms. The highest BCUT2D eigenvalue weighted by Gasteiger charge is 2.39. The van der Waals surface area contributed by atoms with Crippen molar-refractivity contribution in [1.82, 2.24) is 20.8 Å². The highest BCUT2D eigenvalue weighted by molar-refractivity contribution is 6.24. The van der Waals surface area contributed by atoms with Crippen molar-refractivity contribution in [2.24, 2.45) is 0 Å². The minimum Gasteiger partial charge on any atom is -0.347 e. The van der Waals surface area contributed by atoms with Crippen molar-refractivity contribution in [1.29, 1.82) is 0 Å². The van der Waals surface area contributed by atoms with Crippen LogP contribution in [-0.4, -0.2) is 34.0 Å². The predicted molar refractivity (Wildman–Crippen MR) is 104 cm³/mol. The van der Waals surface area contributed by atoms with Crippen LogP contribution in [0.1, 0.15) is 24.6 Å². The van der Waals surface area contributed by atoms with Crippen LogP contribution in [0.15, 0.2) is 47.0 Å². The standard InChI is InChI=1S/C20H19N5O4/c1-12-22-18(29-24-12)11-21-17(26)10-9-15-19(27)25(20(28)23-15)16-8-4-6-13-5-2-3-7-14(13)16/h2-8,15H,9-11H2,1H3,(H,21,26)(H,23,28)/t15-/m1/s1. The monoisotopic (exact) mass is 393 g/mol. The molecule has 148 valence electrons. The SMILES string of the molecule is Cc1noc(CNC(=O)CC[C@H]2NC(=O)N(c3cccc4ccccc34)C2=O)n1. The van der Waals surface area contributed by atoms with Crippen LogP contribution in [-0.2, 0) is 16.1 Å². The Kier molecular flexibility index (Phi) is 4.94. The van der Waals surface area contributed by atoms with E-state index in [0.717, 1.165) is 15.7 Å². The van der Waals surface area contributed by atoms with E-state index in [1.807, 2.05) is 30.3 Å². The third kappa shape index (κ3) is 3.79. The number of nitrogens with one attached hydrogen (secondary N) is 2. The molecular weight excluding hydrogens is 374 g/mol. The molecule has 29 heavy (non-hydrogen) atoms. The van der Waals surface area contributed by atoms with Crippen LogP contribution < -0.4 is 15.5 Å². The van der Waals surface area contributed by atoms with Crippen molar-refractivity contribution in [3.8, 4) is 0 Å². The highest BCUT2D eigenvalue weighted by atomic mass is 16.5. The maximum Gasteiger partial charge on any atom is 0.329 e. The van der Waals surface area contributed by atoms with Gasteiger partial charge in [-0.25, -0.2) is 9.69 Å². The molecule has 9 heteroatoms. The van der Waals surface area contributed by atoms with E-state index < -0.39 is 12.1 Å². The zero-order valence-electron chi connectivity index (χ0n) is 15.7. The minimum atomic E-state index is -0.752. The van der Waals surface area contributed by atoms with Crippen LogP contribution in [0.5, 0.6) is 0 Å². The number of aromatic nitrogens is 2. The van der Waals surface area contributed by atoms with Crippen molar-refractivity contribution >= 4 is 34.3 Å². The van der Waals surface area contributed by atoms with Gasteiger partial charge in [0.05, 0.1) is 12.2 Å². The average molecular weight is 393 g/mol. The summed E-state index contributed by atoms with van der Waals surface area (Å²) in [5, 5.41) is 10.7. The Morgan fingerprint density at radius 3 is 2.79 bits per heavy atom. The Labute approximate surface area is 166 Å². The van der Waals surface area contributed by atoms with Gasteiger partial charge in [-0.2, -0.15) is 4.98 Å². The molecule has 1 atom stereocenters. The maximum atomic E-state index is 12.8. The van der Waals surface area contributed by atoms with E-state index in [9.17, 15) is 14.4 Å². The lowest BCUT2D eigenvalue weighted by molar-refractivity contribution is -0.122. The van der Waals surface area contributed by atoms with E-state index in [1.165, 1.54) is 0 Å². The lowest BCUT2D eigenvalue weighted by atomic mass is 10.1. The van der Waals surface area contributed by atoms with Gasteiger partial charge in [0.25, 0.3) is 5.91 Å². The molecule has 0 radical (unpaired) electrons. The van der Waals surface area contributed by atoms with E-state index in [0.29, 0.717) is 17.4 Å². The van der Waals surface area contributed by atoms with E-state index in [-0.39, 0.29) is 31.2 Å². The number of nitrogens with zero attached hydrogens (tertiary/aromatic N) is 3. The van der Waals surface area contributed by atoms with Gasteiger partial charge in [0.2, 0.25) is 11.8 Å². The third-order valence-electron chi connectivity index (χ3n) is 4.69. The summed E-state index contributed by atoms with van der Waals surface area (Å²) in [5.74, 6) is 0.156. The molecule has 0 saturated carbocycles. The Morgan fingerprint density at radius 1 is 1.21 bits per heavy atom. The summed E-state index contributed by atoms with van der Waals surface area (Å²) in [7, 11) is 0. The summed E-state index contributed by atoms with van der Waals surface area (Å²) in [6.45, 7) is 1.80. The van der Waals surface area contributed by atoms with E-state index in [2.05, 4.69) is 20.8 Å². The second-order valence-corrected chi connectivity index (χ2v) is 6.72. The van der Waals surface area contributed by atoms with Gasteiger partial charge in [0.15, 0.2) is 5.82 Å². The first kappa shape index (κ1) is 18.6. The molecule has 2 heterocycles. The van der Waals surface area contributed by atoms with Crippen molar-refractivity contribution in [2.45, 2.75) is 32.4 Å². The number of carbonyl (C=O) groups excluding carboxylic acids is 3. The summed E-state index contributed by atoms with van der Waals surface area (Å²) in [4.78, 5) is 42.5. The van der Waals surface area contributed by atoms with Crippen LogP contribution in [0.2, 0.25) is 0 Å². The molecular formula is C20H19N5O4. The molecule has 0 aliphatic carbocycles. The second-order valence-electron chi connectivity index (χ2n) is 6.72. The van der Waals surface area contributed by atoms with E-state index in [4.69, 9.17) is 4.52 Å². The quantitative estimate of drug-likeness (QED) is 0.619. The number of hydrogen-bond donors (Lipinski definition) is 2. The largest absolute Gasteiger partial charge is 0.347 e. The van der Waals surface area contributed by atoms with Gasteiger partial charge in [-0.3, -0.25) is 9.59 Å². The fraction of sp³-hybridized carbons (Fsp3) is 0.250. The number of imide groups is 1. The van der Waals surface area contributed by atoms with E-state index in [1.54, 1.807) is 19.1 Å². The van der Waals surface area contributed by atoms with Gasteiger partial charge in [0.1, 0.15) is 6.04 Å². The molecule has 1 aromatic heterocycles. The zero-order valence-corrected chi connectivity index (χ0v) is 15.7. The zero-order chi connectivity index (χ0) is 20.4. The van der Waals surface area contributed by atoms with Crippen LogP contribution in [0, 0.1) is 6.92 Å². The average Bonchev–Trinajstić information content (AvgIpc) is 3.26. The third-order valence-corrected chi connectivity index (χ3v) is 4.69. The first-order chi connectivity index (χ1) is 14.0. The van der Waals surface area contributed by atoms with Crippen molar-refractivity contribution in [3.05, 3.63) is 54.2 Å². The molecule has 2 aromatic carbocycles. The fourth-order valence-electron chi connectivity index (χ4n) is 3.31. The summed E-state index contributed by atoms with van der Waals surface area (Å²) >= 11 is 0. The summed E-state index contributed by atoms with van der Waals surface area (Å²) in [6.07, 6.45) is 0.272. The van der Waals surface area contributed by atoms with Crippen LogP contribution >= 0.6 is 0 Å². The number of aryl methyl sites for hydroxylation is 1. The fourth-order valence-corrected chi connectivity index (χ4v) is 3.31. The van der Waals surface area contributed by atoms with Gasteiger partial charge in [-0.1, -0.05) is 41.6 Å². The molecule has 9 nitrogen and oxygen atoms in total. The van der Waals surface area contributed by atoms with Crippen molar-refractivity contribution < 1.29 is 18.9 Å². The molecule has 3 aromatic rings. The van der Waals surface area contributed by atoms with Crippen LogP contribution in [0.3, 0.4) is 0 Å². The van der Waals surface area contributed by atoms with Gasteiger partial charge < -0.3 is 15.2 Å². The van der Waals surface area contributed by atoms with Gasteiger partial charge in [0, 0.05) is 11.8 Å². The minimum absolute atomic E-state index is 0.0766. The van der Waals surface area contributed by atoms with Crippen LogP contribution in [0.4, 0.5) is 10.5 Å². The first-order valence-corrected chi connectivity index (χ1v) is 9.21. The molecule has 1 aliphatic heterocycles. The Balaban J connectivity index is 1.40. The molecule has 1 saturated heterocycles. The number of rotatable bonds is 6. The number of anilines is 1. The summed E-state index contributed by atoms with van der Waals surface area (Å²) < 4.78 is 4.93. The molecule has 0 unspecified atom stereocenters. The van der Waals surface area contributed by atoms with Gasteiger partial charge >= 0.3 is 6.03 Å². The smallest absolute Gasteiger partial charge is 0.329 e. The Morgan fingerprint density at radius 2 is 2.00 bits per heavy atom. The number of benzene rings is 2. The number of hydrogen-bond acceptors (Lipinski definition) is 6. The van der Waals surface area contributed by atoms with Crippen molar-refractivity contribution in [2.75, 3.05) is 4.90 Å². The second kappa shape index (κ2) is 7.70. The number of amides is 4. The highest BCUT2D eigenvalue weighted by Crippen LogP contribution is 2.29. The Bertz CT molecular complexity index is 1090. The molecule has 1 aliphatic rings. The molecule has 4 amide bonds. The number of fused-ring (bicyclic) bond motifs is 1. The molecule has 2 N–H and O–H groups in total. The molecule has 0 spiro atoms. The van der Waals surface area contributed by atoms with Crippen molar-refractivity contribution in [3.63, 3.8) is 0 Å². The topological polar surface area (TPSA) is 117 Å². The lowest BCUT2D eigenvalue weighted by Crippen LogP contribution is -2.32. The lowest BCUT2D eigenvalue weighted by Gasteiger charge is -2.15. The predicted octanol–water partition coefficient (Wildman–Crippen LogP) is 2.05. The van der Waals surface area contributed by atoms with Gasteiger partial charge in [-0.05, 0) is 24.8 Å².